The van der Waals surface area contributed by atoms with E-state index in [1.807, 2.05) is 0 Å². The van der Waals surface area contributed by atoms with Crippen molar-refractivity contribution in [3.05, 3.63) is 20.9 Å². The first-order valence-corrected chi connectivity index (χ1v) is 6.18. The lowest BCUT2D eigenvalue weighted by Crippen LogP contribution is -2.18. The third-order valence-electron chi connectivity index (χ3n) is 1.67. The summed E-state index contributed by atoms with van der Waals surface area (Å²) in [5.74, 6) is -0.524. The van der Waals surface area contributed by atoms with E-state index in [0.717, 1.165) is 6.07 Å². The third kappa shape index (κ3) is 3.74. The lowest BCUT2D eigenvalue weighted by atomic mass is 10.2. The van der Waals surface area contributed by atoms with Crippen LogP contribution in [0, 0.1) is 3.70 Å². The van der Waals surface area contributed by atoms with E-state index >= 15 is 0 Å². The Hall–Kier alpha value is -0.0900. The number of alkyl halides is 4. The summed E-state index contributed by atoms with van der Waals surface area (Å²) in [7, 11) is 0. The van der Waals surface area contributed by atoms with Crippen LogP contribution >= 0.6 is 38.5 Å². The number of nitrogens with zero attached hydrogens (tertiary/aromatic N) is 1. The van der Waals surface area contributed by atoms with Gasteiger partial charge in [-0.15, -0.1) is 13.2 Å². The van der Waals surface area contributed by atoms with Gasteiger partial charge in [-0.3, -0.25) is 0 Å². The van der Waals surface area contributed by atoms with E-state index < -0.39 is 12.2 Å². The molecule has 0 amide bonds. The van der Waals surface area contributed by atoms with E-state index in [1.165, 1.54) is 0 Å². The molecule has 1 rings (SSSR count). The van der Waals surface area contributed by atoms with Gasteiger partial charge in [0.1, 0.15) is 3.70 Å². The quantitative estimate of drug-likeness (QED) is 0.472. The first kappa shape index (κ1) is 14.0. The van der Waals surface area contributed by atoms with Crippen molar-refractivity contribution in [1.29, 1.82) is 0 Å². The van der Waals surface area contributed by atoms with Crippen molar-refractivity contribution in [2.45, 2.75) is 18.3 Å². The smallest absolute Gasteiger partial charge is 0.392 e. The first-order valence-electron chi connectivity index (χ1n) is 3.98. The molecule has 0 aliphatic carbocycles. The Morgan fingerprint density at radius 3 is 2.56 bits per heavy atom. The van der Waals surface area contributed by atoms with E-state index in [2.05, 4.69) is 25.7 Å². The van der Waals surface area contributed by atoms with Crippen LogP contribution in [0.2, 0.25) is 0 Å². The molecule has 0 aliphatic rings. The van der Waals surface area contributed by atoms with Crippen LogP contribution in [0.15, 0.2) is 6.07 Å². The number of aliphatic hydroxyl groups excluding tert-OH is 1. The summed E-state index contributed by atoms with van der Waals surface area (Å²) in [5.41, 5.74) is 1.01. The summed E-state index contributed by atoms with van der Waals surface area (Å²) in [4.78, 5) is 3.60. The number of hydrogen-bond acceptors (Lipinski definition) is 3. The molecule has 0 saturated heterocycles. The Labute approximate surface area is 111 Å². The molecule has 90 valence electrons. The van der Waals surface area contributed by atoms with Gasteiger partial charge in [0, 0.05) is 17.0 Å². The fourth-order valence-corrected chi connectivity index (χ4v) is 2.28. The van der Waals surface area contributed by atoms with Gasteiger partial charge in [-0.05, 0) is 28.2 Å². The van der Waals surface area contributed by atoms with Crippen LogP contribution in [0.4, 0.5) is 13.2 Å². The normalized spacial score (nSPS) is 11.6. The number of aliphatic hydroxyl groups is 1. The number of rotatable bonds is 3. The average molecular weight is 412 g/mol. The molecule has 1 aromatic heterocycles. The molecule has 3 nitrogen and oxygen atoms in total. The molecule has 0 spiro atoms. The van der Waals surface area contributed by atoms with Crippen molar-refractivity contribution in [1.82, 2.24) is 4.98 Å². The zero-order chi connectivity index (χ0) is 12.3. The van der Waals surface area contributed by atoms with Gasteiger partial charge in [0.15, 0.2) is 0 Å². The Morgan fingerprint density at radius 2 is 2.12 bits per heavy atom. The largest absolute Gasteiger partial charge is 0.574 e. The number of pyridine rings is 1. The van der Waals surface area contributed by atoms with Gasteiger partial charge in [0.25, 0.3) is 0 Å². The Balaban J connectivity index is 3.10. The Bertz CT molecular complexity index is 386. The zero-order valence-corrected chi connectivity index (χ0v) is 11.4. The highest BCUT2D eigenvalue weighted by atomic mass is 127. The summed E-state index contributed by atoms with van der Waals surface area (Å²) in [6.07, 6.45) is -4.76. The summed E-state index contributed by atoms with van der Waals surface area (Å²) < 4.78 is 39.9. The van der Waals surface area contributed by atoms with Crippen molar-refractivity contribution in [3.63, 3.8) is 0 Å². The van der Waals surface area contributed by atoms with E-state index in [0.29, 0.717) is 16.5 Å². The number of hydrogen-bond donors (Lipinski definition) is 1. The van der Waals surface area contributed by atoms with Gasteiger partial charge in [-0.2, -0.15) is 0 Å². The van der Waals surface area contributed by atoms with E-state index in [4.69, 9.17) is 5.11 Å². The van der Waals surface area contributed by atoms with Crippen LogP contribution in [0.25, 0.3) is 0 Å². The van der Waals surface area contributed by atoms with E-state index in [-0.39, 0.29) is 10.3 Å². The fraction of sp³-hybridized carbons (Fsp3) is 0.375. The second-order valence-corrected chi connectivity index (χ2v) is 4.31. The van der Waals surface area contributed by atoms with Crippen LogP contribution in [0.5, 0.6) is 5.88 Å². The second kappa shape index (κ2) is 5.50. The van der Waals surface area contributed by atoms with E-state index in [9.17, 15) is 13.2 Å². The summed E-state index contributed by atoms with van der Waals surface area (Å²) >= 11 is 4.87. The highest BCUT2D eigenvalue weighted by molar-refractivity contribution is 14.1. The first-order chi connectivity index (χ1) is 7.37. The number of aromatic nitrogens is 1. The molecule has 0 unspecified atom stereocenters. The molecule has 1 aromatic rings. The molecule has 0 saturated carbocycles. The minimum atomic E-state index is -4.76. The lowest BCUT2D eigenvalue weighted by Gasteiger charge is -2.12. The highest BCUT2D eigenvalue weighted by Gasteiger charge is 2.32. The van der Waals surface area contributed by atoms with Gasteiger partial charge in [0.05, 0.1) is 6.61 Å². The Morgan fingerprint density at radius 1 is 1.50 bits per heavy atom. The second-order valence-electron chi connectivity index (χ2n) is 2.73. The van der Waals surface area contributed by atoms with Gasteiger partial charge >= 0.3 is 6.36 Å². The summed E-state index contributed by atoms with van der Waals surface area (Å²) in [6, 6.07) is 1.15. The monoisotopic (exact) mass is 411 g/mol. The molecule has 1 N–H and O–H groups in total. The molecule has 0 radical (unpaired) electrons. The molecule has 0 aromatic carbocycles. The van der Waals surface area contributed by atoms with Gasteiger partial charge in [-0.25, -0.2) is 4.98 Å². The minimum Gasteiger partial charge on any atom is -0.392 e. The molecular formula is C8H6BrF3INO2. The SMILES string of the molecule is OCc1c(CBr)cc(OC(F)(F)F)nc1I. The molecule has 8 heteroatoms. The topological polar surface area (TPSA) is 42.4 Å². The predicted octanol–water partition coefficient (Wildman–Crippen LogP) is 2.97. The fourth-order valence-electron chi connectivity index (χ4n) is 1.02. The molecule has 0 atom stereocenters. The van der Waals surface area contributed by atoms with Crippen molar-refractivity contribution in [2.75, 3.05) is 0 Å². The van der Waals surface area contributed by atoms with Crippen molar-refractivity contribution < 1.29 is 23.0 Å². The van der Waals surface area contributed by atoms with Gasteiger partial charge in [0.2, 0.25) is 5.88 Å². The van der Waals surface area contributed by atoms with Crippen molar-refractivity contribution >= 4 is 38.5 Å². The number of ether oxygens (including phenoxy) is 1. The van der Waals surface area contributed by atoms with Crippen LogP contribution in [0.3, 0.4) is 0 Å². The maximum absolute atomic E-state index is 12.0. The van der Waals surface area contributed by atoms with Crippen molar-refractivity contribution in [3.8, 4) is 5.88 Å². The van der Waals surface area contributed by atoms with Crippen LogP contribution < -0.4 is 4.74 Å². The van der Waals surface area contributed by atoms with Crippen LogP contribution in [0.1, 0.15) is 11.1 Å². The predicted molar refractivity (Wildman–Crippen MR) is 62.2 cm³/mol. The zero-order valence-electron chi connectivity index (χ0n) is 7.68. The molecule has 0 bridgehead atoms. The molecular weight excluding hydrogens is 406 g/mol. The lowest BCUT2D eigenvalue weighted by molar-refractivity contribution is -0.276. The third-order valence-corrected chi connectivity index (χ3v) is 3.16. The molecule has 0 aliphatic heterocycles. The maximum Gasteiger partial charge on any atom is 0.574 e. The molecule has 16 heavy (non-hydrogen) atoms. The van der Waals surface area contributed by atoms with Gasteiger partial charge < -0.3 is 9.84 Å². The summed E-state index contributed by atoms with van der Waals surface area (Å²) in [6.45, 7) is -0.279. The highest BCUT2D eigenvalue weighted by Crippen LogP contribution is 2.26. The van der Waals surface area contributed by atoms with Crippen LogP contribution in [-0.2, 0) is 11.9 Å². The minimum absolute atomic E-state index is 0.279. The maximum atomic E-state index is 12.0. The average Bonchev–Trinajstić information content (AvgIpc) is 2.14. The van der Waals surface area contributed by atoms with Crippen molar-refractivity contribution in [2.24, 2.45) is 0 Å². The van der Waals surface area contributed by atoms with Crippen LogP contribution in [-0.4, -0.2) is 16.5 Å². The Kier molecular flexibility index (Phi) is 4.80. The molecule has 1 heterocycles. The van der Waals surface area contributed by atoms with Gasteiger partial charge in [-0.1, -0.05) is 15.9 Å². The number of halogens is 5. The standard InChI is InChI=1S/C8H6BrF3INO2/c9-2-4-1-6(16-8(10,11)12)14-7(13)5(4)3-15/h1,15H,2-3H2. The summed E-state index contributed by atoms with van der Waals surface area (Å²) in [5, 5.41) is 9.34. The molecule has 0 fully saturated rings. The van der Waals surface area contributed by atoms with E-state index in [1.54, 1.807) is 22.6 Å².